The van der Waals surface area contributed by atoms with Crippen LogP contribution in [0.4, 0.5) is 9.52 Å². The maximum Gasteiger partial charge on any atom is 0.301 e. The highest BCUT2D eigenvalue weighted by Crippen LogP contribution is 2.46. The van der Waals surface area contributed by atoms with Gasteiger partial charge in [0.05, 0.1) is 32.9 Å². The summed E-state index contributed by atoms with van der Waals surface area (Å²) >= 11 is 2.61. The van der Waals surface area contributed by atoms with E-state index in [1.807, 2.05) is 18.2 Å². The average Bonchev–Trinajstić information content (AvgIpc) is 3.64. The van der Waals surface area contributed by atoms with E-state index < -0.39 is 29.3 Å². The van der Waals surface area contributed by atoms with Gasteiger partial charge in [-0.2, -0.15) is 0 Å². The first-order valence-corrected chi connectivity index (χ1v) is 15.4. The zero-order valence-corrected chi connectivity index (χ0v) is 25.9. The van der Waals surface area contributed by atoms with Gasteiger partial charge in [-0.25, -0.2) is 4.39 Å². The number of anilines is 1. The summed E-state index contributed by atoms with van der Waals surface area (Å²) in [4.78, 5) is 28.4. The second kappa shape index (κ2) is 12.6. The Bertz CT molecular complexity index is 1970. The van der Waals surface area contributed by atoms with Gasteiger partial charge in [0.1, 0.15) is 5.76 Å². The number of hydrogen-bond donors (Lipinski definition) is 1. The zero-order valence-electron chi connectivity index (χ0n) is 24.3. The Labute approximate surface area is 265 Å². The Morgan fingerprint density at radius 2 is 1.64 bits per heavy atom. The molecule has 6 rings (SSSR count). The third kappa shape index (κ3) is 5.58. The van der Waals surface area contributed by atoms with Crippen molar-refractivity contribution in [1.82, 2.24) is 10.2 Å². The fourth-order valence-electron chi connectivity index (χ4n) is 5.25. The molecule has 45 heavy (non-hydrogen) atoms. The summed E-state index contributed by atoms with van der Waals surface area (Å²) in [6.45, 7) is 0. The van der Waals surface area contributed by atoms with E-state index in [1.54, 1.807) is 18.2 Å². The fraction of sp³-hybridized carbons (Fsp3) is 0.152. The summed E-state index contributed by atoms with van der Waals surface area (Å²) in [7, 11) is 4.26. The number of aliphatic hydroxyl groups excluding tert-OH is 1. The van der Waals surface area contributed by atoms with Crippen molar-refractivity contribution in [3.63, 3.8) is 0 Å². The van der Waals surface area contributed by atoms with Gasteiger partial charge in [0.15, 0.2) is 27.4 Å². The largest absolute Gasteiger partial charge is 0.507 e. The Morgan fingerprint density at radius 1 is 0.911 bits per heavy atom. The first-order valence-electron chi connectivity index (χ1n) is 13.6. The molecule has 9 nitrogen and oxygen atoms in total. The van der Waals surface area contributed by atoms with Gasteiger partial charge < -0.3 is 19.3 Å². The monoisotopic (exact) mass is 643 g/mol. The maximum absolute atomic E-state index is 14.6. The summed E-state index contributed by atoms with van der Waals surface area (Å²) in [6, 6.07) is 21.8. The molecule has 0 saturated carbocycles. The number of benzene rings is 4. The van der Waals surface area contributed by atoms with E-state index in [9.17, 15) is 19.1 Å². The van der Waals surface area contributed by atoms with Gasteiger partial charge in [-0.1, -0.05) is 71.6 Å². The Morgan fingerprint density at radius 3 is 2.40 bits per heavy atom. The molecule has 2 heterocycles. The molecule has 1 aromatic heterocycles. The number of aliphatic hydroxyl groups is 1. The molecule has 5 aromatic rings. The van der Waals surface area contributed by atoms with Crippen molar-refractivity contribution in [2.75, 3.05) is 26.2 Å². The summed E-state index contributed by atoms with van der Waals surface area (Å²) in [5.41, 5.74) is 1.31. The Kier molecular flexibility index (Phi) is 8.42. The molecular formula is C33H26FN3O6S2. The normalized spacial score (nSPS) is 15.9. The first-order chi connectivity index (χ1) is 21.8. The van der Waals surface area contributed by atoms with Crippen molar-refractivity contribution in [1.29, 1.82) is 0 Å². The van der Waals surface area contributed by atoms with Gasteiger partial charge in [-0.3, -0.25) is 14.5 Å². The van der Waals surface area contributed by atoms with Crippen LogP contribution in [0, 0.1) is 5.82 Å². The molecule has 1 unspecified atom stereocenters. The van der Waals surface area contributed by atoms with Gasteiger partial charge in [0.2, 0.25) is 5.13 Å². The number of Topliss-reactive ketones (excluding diaryl/α,β-unsaturated/α-hetero) is 1. The minimum Gasteiger partial charge on any atom is -0.507 e. The smallest absolute Gasteiger partial charge is 0.301 e. The number of rotatable bonds is 9. The Balaban J connectivity index is 1.41. The lowest BCUT2D eigenvalue weighted by atomic mass is 9.95. The summed E-state index contributed by atoms with van der Waals surface area (Å²) in [6.07, 6.45) is 0. The van der Waals surface area contributed by atoms with Crippen LogP contribution in [0.15, 0.2) is 88.8 Å². The molecule has 0 aliphatic carbocycles. The zero-order chi connectivity index (χ0) is 31.7. The second-order valence-corrected chi connectivity index (χ2v) is 12.1. The van der Waals surface area contributed by atoms with Gasteiger partial charge >= 0.3 is 5.91 Å². The lowest BCUT2D eigenvalue weighted by molar-refractivity contribution is -0.132. The van der Waals surface area contributed by atoms with Crippen LogP contribution in [-0.2, 0) is 15.3 Å². The molecule has 228 valence electrons. The van der Waals surface area contributed by atoms with Gasteiger partial charge in [-0.15, -0.1) is 10.2 Å². The van der Waals surface area contributed by atoms with E-state index in [2.05, 4.69) is 34.5 Å². The number of thioether (sulfide) groups is 1. The van der Waals surface area contributed by atoms with Crippen LogP contribution in [-0.4, -0.2) is 48.3 Å². The molecule has 1 fully saturated rings. The quantitative estimate of drug-likeness (QED) is 0.0611. The third-order valence-electron chi connectivity index (χ3n) is 7.43. The highest BCUT2D eigenvalue weighted by molar-refractivity contribution is 8.00. The number of carbonyl (C=O) groups excluding carboxylic acids is 2. The minimum absolute atomic E-state index is 0.000345. The molecular weight excluding hydrogens is 618 g/mol. The SMILES string of the molecule is COc1ccc(C(O)=C2C(=O)C(=O)N(c3nnc(SCc4cccc5ccccc45)s3)C2c2ccc(OC)c(OC)c2)cc1F. The van der Waals surface area contributed by atoms with Crippen molar-refractivity contribution in [2.45, 2.75) is 16.1 Å². The van der Waals surface area contributed by atoms with E-state index in [0.717, 1.165) is 33.7 Å². The summed E-state index contributed by atoms with van der Waals surface area (Å²) < 4.78 is 31.0. The molecule has 0 bridgehead atoms. The van der Waals surface area contributed by atoms with Crippen molar-refractivity contribution < 1.29 is 33.3 Å². The Hall–Kier alpha value is -4.94. The van der Waals surface area contributed by atoms with Crippen LogP contribution in [0.2, 0.25) is 0 Å². The van der Waals surface area contributed by atoms with E-state index in [1.165, 1.54) is 50.1 Å². The number of amides is 1. The molecule has 1 amide bonds. The van der Waals surface area contributed by atoms with Gasteiger partial charge in [-0.05, 0) is 52.2 Å². The highest BCUT2D eigenvalue weighted by Gasteiger charge is 2.48. The number of nitrogens with zero attached hydrogens (tertiary/aromatic N) is 3. The molecule has 1 atom stereocenters. The number of ether oxygens (including phenoxy) is 3. The van der Waals surface area contributed by atoms with Crippen LogP contribution in [0.5, 0.6) is 17.2 Å². The number of hydrogen-bond acceptors (Lipinski definition) is 10. The highest BCUT2D eigenvalue weighted by atomic mass is 32.2. The van der Waals surface area contributed by atoms with Crippen LogP contribution in [0.1, 0.15) is 22.7 Å². The van der Waals surface area contributed by atoms with Crippen molar-refractivity contribution in [3.8, 4) is 17.2 Å². The molecule has 1 N–H and O–H groups in total. The van der Waals surface area contributed by atoms with Crippen molar-refractivity contribution >= 4 is 56.5 Å². The lowest BCUT2D eigenvalue weighted by Gasteiger charge is -2.23. The van der Waals surface area contributed by atoms with Crippen LogP contribution >= 0.6 is 23.1 Å². The van der Waals surface area contributed by atoms with E-state index in [4.69, 9.17) is 14.2 Å². The van der Waals surface area contributed by atoms with E-state index in [-0.39, 0.29) is 22.0 Å². The van der Waals surface area contributed by atoms with Gasteiger partial charge in [0, 0.05) is 11.3 Å². The maximum atomic E-state index is 14.6. The predicted octanol–water partition coefficient (Wildman–Crippen LogP) is 6.77. The molecule has 1 aliphatic rings. The molecule has 1 aliphatic heterocycles. The molecule has 1 saturated heterocycles. The molecule has 12 heteroatoms. The van der Waals surface area contributed by atoms with Crippen LogP contribution in [0.3, 0.4) is 0 Å². The molecule has 0 radical (unpaired) electrons. The van der Waals surface area contributed by atoms with E-state index in [0.29, 0.717) is 27.2 Å². The third-order valence-corrected chi connectivity index (χ3v) is 9.53. The number of aromatic nitrogens is 2. The molecule has 0 spiro atoms. The number of methoxy groups -OCH3 is 3. The predicted molar refractivity (Wildman–Crippen MR) is 171 cm³/mol. The number of halogens is 1. The minimum atomic E-state index is -1.13. The summed E-state index contributed by atoms with van der Waals surface area (Å²) in [5.74, 6) is -1.81. The summed E-state index contributed by atoms with van der Waals surface area (Å²) in [5, 5.41) is 22.4. The number of carbonyl (C=O) groups is 2. The van der Waals surface area contributed by atoms with E-state index >= 15 is 0 Å². The van der Waals surface area contributed by atoms with Crippen LogP contribution in [0.25, 0.3) is 16.5 Å². The standard InChI is InChI=1S/C33H26FN3O6S2/c1-41-24-13-12-20(15-23(24)34)29(38)27-28(19-11-14-25(42-2)26(16-19)43-3)37(31(40)30(27)39)32-35-36-33(45-32)44-17-21-9-6-8-18-7-4-5-10-22(18)21/h4-16,28,38H,17H2,1-3H3. The fourth-order valence-corrected chi connectivity index (χ4v) is 7.12. The number of ketones is 1. The average molecular weight is 644 g/mol. The second-order valence-electron chi connectivity index (χ2n) is 9.91. The van der Waals surface area contributed by atoms with Crippen molar-refractivity contribution in [3.05, 3.63) is 107 Å². The topological polar surface area (TPSA) is 111 Å². The number of fused-ring (bicyclic) bond motifs is 1. The van der Waals surface area contributed by atoms with Crippen LogP contribution < -0.4 is 19.1 Å². The van der Waals surface area contributed by atoms with Crippen molar-refractivity contribution in [2.24, 2.45) is 0 Å². The van der Waals surface area contributed by atoms with Gasteiger partial charge in [0.25, 0.3) is 5.78 Å². The molecule has 4 aromatic carbocycles. The first kappa shape index (κ1) is 30.1. The lowest BCUT2D eigenvalue weighted by Crippen LogP contribution is -2.29.